The van der Waals surface area contributed by atoms with E-state index in [2.05, 4.69) is 109 Å². The summed E-state index contributed by atoms with van der Waals surface area (Å²) in [4.78, 5) is 27.9. The lowest BCUT2D eigenvalue weighted by Crippen LogP contribution is -1.92. The topological polar surface area (TPSA) is 75.8 Å². The van der Waals surface area contributed by atoms with Crippen molar-refractivity contribution in [3.63, 3.8) is 0 Å². The van der Waals surface area contributed by atoms with Crippen molar-refractivity contribution in [3.8, 4) is 33.4 Å². The van der Waals surface area contributed by atoms with Gasteiger partial charge in [-0.1, -0.05) is 71.3 Å². The summed E-state index contributed by atoms with van der Waals surface area (Å²) in [5, 5.41) is 0. The van der Waals surface area contributed by atoms with Gasteiger partial charge in [0.15, 0.2) is 0 Å². The van der Waals surface area contributed by atoms with Gasteiger partial charge in [-0.3, -0.25) is 29.9 Å². The first-order chi connectivity index (χ1) is 24.9. The van der Waals surface area contributed by atoms with Crippen molar-refractivity contribution in [3.05, 3.63) is 180 Å². The number of pyridine rings is 3. The zero-order valence-electron chi connectivity index (χ0n) is 28.8. The number of aliphatic imine (C=N–C) groups is 3. The number of nitrogens with zero attached hydrogens (tertiary/aromatic N) is 6. The highest BCUT2D eigenvalue weighted by atomic mass is 14.8. The average Bonchev–Trinajstić information content (AvgIpc) is 3.18. The van der Waals surface area contributed by atoms with E-state index in [1.807, 2.05) is 73.2 Å². The predicted octanol–water partition coefficient (Wildman–Crippen LogP) is 11.0. The summed E-state index contributed by atoms with van der Waals surface area (Å²) >= 11 is 0. The molecule has 7 aromatic rings. The van der Waals surface area contributed by atoms with E-state index in [4.69, 9.17) is 15.0 Å². The van der Waals surface area contributed by atoms with E-state index in [-0.39, 0.29) is 0 Å². The molecule has 6 nitrogen and oxygen atoms in total. The smallest absolute Gasteiger partial charge is 0.0812 e. The van der Waals surface area contributed by atoms with Crippen molar-refractivity contribution in [1.82, 2.24) is 15.0 Å². The molecule has 0 amide bonds. The van der Waals surface area contributed by atoms with E-state index >= 15 is 0 Å². The molecule has 0 saturated heterocycles. The minimum atomic E-state index is 0.787. The summed E-state index contributed by atoms with van der Waals surface area (Å²) in [5.41, 5.74) is 14.7. The van der Waals surface area contributed by atoms with E-state index in [1.165, 1.54) is 16.7 Å². The van der Waals surface area contributed by atoms with E-state index in [0.29, 0.717) is 0 Å². The molecule has 4 aromatic carbocycles. The Morgan fingerprint density at radius 1 is 0.333 bits per heavy atom. The third kappa shape index (κ3) is 8.69. The van der Waals surface area contributed by atoms with Crippen LogP contribution in [-0.2, 0) is 0 Å². The van der Waals surface area contributed by atoms with Crippen molar-refractivity contribution < 1.29 is 0 Å². The van der Waals surface area contributed by atoms with Gasteiger partial charge >= 0.3 is 0 Å². The van der Waals surface area contributed by atoms with Crippen LogP contribution in [0.25, 0.3) is 33.4 Å². The lowest BCUT2D eigenvalue weighted by Gasteiger charge is -2.11. The Morgan fingerprint density at radius 2 is 0.608 bits per heavy atom. The third-order valence-corrected chi connectivity index (χ3v) is 8.43. The van der Waals surface area contributed by atoms with Gasteiger partial charge in [-0.15, -0.1) is 0 Å². The van der Waals surface area contributed by atoms with Crippen molar-refractivity contribution in [2.75, 3.05) is 0 Å². The van der Waals surface area contributed by atoms with Crippen LogP contribution < -0.4 is 0 Å². The number of aromatic nitrogens is 3. The van der Waals surface area contributed by atoms with Crippen LogP contribution in [0.3, 0.4) is 0 Å². The molecule has 0 atom stereocenters. The fraction of sp³-hybridized carbons (Fsp3) is 0.0667. The van der Waals surface area contributed by atoms with Crippen molar-refractivity contribution in [2.24, 2.45) is 15.0 Å². The Hall–Kier alpha value is -6.66. The van der Waals surface area contributed by atoms with Gasteiger partial charge < -0.3 is 0 Å². The summed E-state index contributed by atoms with van der Waals surface area (Å²) in [6, 6.07) is 43.1. The average molecular weight is 661 g/mol. The molecule has 0 radical (unpaired) electrons. The molecule has 0 aliphatic rings. The first-order valence-electron chi connectivity index (χ1n) is 16.8. The minimum Gasteiger partial charge on any atom is -0.255 e. The molecule has 0 unspecified atom stereocenters. The van der Waals surface area contributed by atoms with Crippen molar-refractivity contribution >= 4 is 35.7 Å². The van der Waals surface area contributed by atoms with Gasteiger partial charge in [-0.2, -0.15) is 0 Å². The summed E-state index contributed by atoms with van der Waals surface area (Å²) in [6.07, 6.45) is 11.1. The molecule has 3 heterocycles. The molecule has 0 saturated carbocycles. The second kappa shape index (κ2) is 15.3. The van der Waals surface area contributed by atoms with Gasteiger partial charge in [0.05, 0.1) is 52.8 Å². The fourth-order valence-electron chi connectivity index (χ4n) is 5.40. The molecule has 0 fully saturated rings. The first-order valence-corrected chi connectivity index (χ1v) is 16.8. The number of aryl methyl sites for hydroxylation is 3. The van der Waals surface area contributed by atoms with Crippen LogP contribution in [-0.4, -0.2) is 33.6 Å². The van der Waals surface area contributed by atoms with Crippen LogP contribution in [0.15, 0.2) is 161 Å². The number of hydrogen-bond acceptors (Lipinski definition) is 6. The fourth-order valence-corrected chi connectivity index (χ4v) is 5.40. The monoisotopic (exact) mass is 660 g/mol. The first kappa shape index (κ1) is 32.9. The number of hydrogen-bond donors (Lipinski definition) is 0. The third-order valence-electron chi connectivity index (χ3n) is 8.43. The van der Waals surface area contributed by atoms with Crippen LogP contribution >= 0.6 is 0 Å². The minimum absolute atomic E-state index is 0.787. The lowest BCUT2D eigenvalue weighted by molar-refractivity contribution is 1.29. The van der Waals surface area contributed by atoms with Gasteiger partial charge in [0.1, 0.15) is 0 Å². The molecule has 6 heteroatoms. The van der Waals surface area contributed by atoms with Crippen molar-refractivity contribution in [2.45, 2.75) is 20.8 Å². The molecule has 0 spiro atoms. The van der Waals surface area contributed by atoms with Gasteiger partial charge in [0, 0.05) is 35.3 Å². The van der Waals surface area contributed by atoms with Gasteiger partial charge in [-0.25, -0.2) is 0 Å². The molecule has 51 heavy (non-hydrogen) atoms. The van der Waals surface area contributed by atoms with E-state index < -0.39 is 0 Å². The van der Waals surface area contributed by atoms with Crippen LogP contribution in [0, 0.1) is 20.8 Å². The Morgan fingerprint density at radius 3 is 0.843 bits per heavy atom. The molecule has 3 aromatic heterocycles. The number of rotatable bonds is 9. The SMILES string of the molecule is Cc1ccc(N=Cc2ccc(-c3cc(-c4ccc(C=Nc5ccc(C)cc5)nc4)cc(-c4ccc(C=Nc5ccc(C)cc5)nc4)c3)cn2)cc1. The van der Waals surface area contributed by atoms with Gasteiger partial charge in [-0.05, 0) is 110 Å². The maximum Gasteiger partial charge on any atom is 0.0812 e. The zero-order chi connectivity index (χ0) is 35.0. The quantitative estimate of drug-likeness (QED) is 0.145. The van der Waals surface area contributed by atoms with E-state index in [9.17, 15) is 0 Å². The molecule has 0 N–H and O–H groups in total. The summed E-state index contributed by atoms with van der Waals surface area (Å²) < 4.78 is 0. The normalized spacial score (nSPS) is 11.6. The van der Waals surface area contributed by atoms with Gasteiger partial charge in [0.2, 0.25) is 0 Å². The van der Waals surface area contributed by atoms with E-state index in [0.717, 1.165) is 67.5 Å². The second-order valence-electron chi connectivity index (χ2n) is 12.5. The summed E-state index contributed by atoms with van der Waals surface area (Å²) in [7, 11) is 0. The Bertz CT molecular complexity index is 2040. The van der Waals surface area contributed by atoms with Crippen LogP contribution in [0.2, 0.25) is 0 Å². The van der Waals surface area contributed by atoms with Crippen LogP contribution in [0.1, 0.15) is 33.8 Å². The standard InChI is InChI=1S/C45H36N6/c1-31-4-13-40(14-5-31)49-28-43-19-10-34(25-46-43)37-22-38(35-11-20-44(47-26-35)29-50-41-15-6-32(2)7-16-41)24-39(23-37)36-12-21-45(48-27-36)30-51-42-17-8-33(3)9-18-42/h4-30H,1-3H3. The predicted molar refractivity (Wildman–Crippen MR) is 211 cm³/mol. The molecule has 246 valence electrons. The Kier molecular flexibility index (Phi) is 9.84. The molecule has 7 rings (SSSR count). The Labute approximate surface area is 298 Å². The zero-order valence-corrected chi connectivity index (χ0v) is 28.8. The van der Waals surface area contributed by atoms with Crippen molar-refractivity contribution in [1.29, 1.82) is 0 Å². The lowest BCUT2D eigenvalue weighted by atomic mass is 9.94. The highest BCUT2D eigenvalue weighted by molar-refractivity contribution is 5.85. The maximum atomic E-state index is 4.71. The highest BCUT2D eigenvalue weighted by Crippen LogP contribution is 2.32. The number of benzene rings is 4. The molecular formula is C45H36N6. The molecule has 0 aliphatic heterocycles. The molecular weight excluding hydrogens is 625 g/mol. The van der Waals surface area contributed by atoms with E-state index in [1.54, 1.807) is 18.6 Å². The van der Waals surface area contributed by atoms with Gasteiger partial charge in [0.25, 0.3) is 0 Å². The van der Waals surface area contributed by atoms with Crippen LogP contribution in [0.5, 0.6) is 0 Å². The highest BCUT2D eigenvalue weighted by Gasteiger charge is 2.09. The Balaban J connectivity index is 1.18. The molecule has 0 aliphatic carbocycles. The molecule has 0 bridgehead atoms. The largest absolute Gasteiger partial charge is 0.255 e. The van der Waals surface area contributed by atoms with Crippen LogP contribution in [0.4, 0.5) is 17.1 Å². The second-order valence-corrected chi connectivity index (χ2v) is 12.5. The summed E-state index contributed by atoms with van der Waals surface area (Å²) in [6.45, 7) is 6.20. The maximum absolute atomic E-state index is 4.71. The summed E-state index contributed by atoms with van der Waals surface area (Å²) in [5.74, 6) is 0.